The van der Waals surface area contributed by atoms with E-state index in [2.05, 4.69) is 25.1 Å². The highest BCUT2D eigenvalue weighted by molar-refractivity contribution is 5.92. The van der Waals surface area contributed by atoms with E-state index >= 15 is 0 Å². The van der Waals surface area contributed by atoms with Gasteiger partial charge in [-0.25, -0.2) is 9.37 Å². The van der Waals surface area contributed by atoms with Crippen molar-refractivity contribution in [2.75, 3.05) is 38.0 Å². The SMILES string of the molecule is O=C(CN1CCCN(Cc2cnc(-c3ccccc3)[nH]2)CC1)Nc1ccc(F)cc1. The number of imidazole rings is 1. The highest BCUT2D eigenvalue weighted by atomic mass is 19.1. The summed E-state index contributed by atoms with van der Waals surface area (Å²) < 4.78 is 13.0. The molecule has 1 aromatic heterocycles. The van der Waals surface area contributed by atoms with E-state index in [9.17, 15) is 9.18 Å². The molecule has 1 aliphatic rings. The number of carbonyl (C=O) groups excluding carboxylic acids is 1. The molecule has 7 heteroatoms. The molecule has 1 amide bonds. The molecule has 0 spiro atoms. The predicted molar refractivity (Wildman–Crippen MR) is 115 cm³/mol. The number of H-pyrrole nitrogens is 1. The first-order valence-electron chi connectivity index (χ1n) is 10.3. The van der Waals surface area contributed by atoms with Gasteiger partial charge in [0.1, 0.15) is 11.6 Å². The van der Waals surface area contributed by atoms with Crippen LogP contribution in [-0.2, 0) is 11.3 Å². The van der Waals surface area contributed by atoms with Gasteiger partial charge in [-0.15, -0.1) is 0 Å². The summed E-state index contributed by atoms with van der Waals surface area (Å²) in [5.41, 5.74) is 2.79. The molecule has 0 atom stereocenters. The average molecular weight is 407 g/mol. The second kappa shape index (κ2) is 9.65. The number of halogens is 1. The van der Waals surface area contributed by atoms with Crippen LogP contribution < -0.4 is 5.32 Å². The van der Waals surface area contributed by atoms with Gasteiger partial charge in [-0.05, 0) is 43.8 Å². The first-order chi connectivity index (χ1) is 14.7. The standard InChI is InChI=1S/C23H26FN5O/c24-19-7-9-20(10-8-19)26-22(30)17-29-12-4-11-28(13-14-29)16-21-15-25-23(27-21)18-5-2-1-3-6-18/h1-3,5-10,15H,4,11-14,16-17H2,(H,25,27)(H,26,30). The fraction of sp³-hybridized carbons (Fsp3) is 0.304. The van der Waals surface area contributed by atoms with E-state index < -0.39 is 0 Å². The maximum absolute atomic E-state index is 13.0. The number of hydrogen-bond acceptors (Lipinski definition) is 4. The van der Waals surface area contributed by atoms with Crippen LogP contribution in [0.4, 0.5) is 10.1 Å². The summed E-state index contributed by atoms with van der Waals surface area (Å²) in [6.45, 7) is 4.74. The lowest BCUT2D eigenvalue weighted by atomic mass is 10.2. The van der Waals surface area contributed by atoms with Gasteiger partial charge in [-0.2, -0.15) is 0 Å². The Bertz CT molecular complexity index is 957. The third-order valence-electron chi connectivity index (χ3n) is 5.25. The fourth-order valence-corrected chi connectivity index (χ4v) is 3.70. The molecule has 1 fully saturated rings. The Kier molecular flexibility index (Phi) is 6.51. The van der Waals surface area contributed by atoms with E-state index in [0.717, 1.165) is 56.2 Å². The fourth-order valence-electron chi connectivity index (χ4n) is 3.70. The van der Waals surface area contributed by atoms with Crippen LogP contribution >= 0.6 is 0 Å². The van der Waals surface area contributed by atoms with Gasteiger partial charge >= 0.3 is 0 Å². The number of aromatic amines is 1. The summed E-state index contributed by atoms with van der Waals surface area (Å²) in [4.78, 5) is 24.8. The Labute approximate surface area is 175 Å². The highest BCUT2D eigenvalue weighted by Gasteiger charge is 2.18. The normalized spacial score (nSPS) is 15.6. The number of aromatic nitrogens is 2. The summed E-state index contributed by atoms with van der Waals surface area (Å²) in [7, 11) is 0. The van der Waals surface area contributed by atoms with Crippen LogP contribution in [0.15, 0.2) is 60.8 Å². The quantitative estimate of drug-likeness (QED) is 0.658. The number of nitrogens with zero attached hydrogens (tertiary/aromatic N) is 3. The Morgan fingerprint density at radius 3 is 2.53 bits per heavy atom. The minimum Gasteiger partial charge on any atom is -0.341 e. The first kappa shape index (κ1) is 20.3. The van der Waals surface area contributed by atoms with Crippen molar-refractivity contribution >= 4 is 11.6 Å². The van der Waals surface area contributed by atoms with E-state index in [1.54, 1.807) is 12.1 Å². The summed E-state index contributed by atoms with van der Waals surface area (Å²) in [5.74, 6) is 0.504. The first-order valence-corrected chi connectivity index (χ1v) is 10.3. The van der Waals surface area contributed by atoms with Crippen molar-refractivity contribution in [2.45, 2.75) is 13.0 Å². The van der Waals surface area contributed by atoms with Crippen LogP contribution in [0.1, 0.15) is 12.1 Å². The maximum Gasteiger partial charge on any atom is 0.238 e. The Balaban J connectivity index is 1.26. The van der Waals surface area contributed by atoms with Gasteiger partial charge in [-0.1, -0.05) is 30.3 Å². The van der Waals surface area contributed by atoms with Crippen LogP contribution in [0.3, 0.4) is 0 Å². The molecule has 156 valence electrons. The number of hydrogen-bond donors (Lipinski definition) is 2. The molecule has 3 aromatic rings. The molecular formula is C23H26FN5O. The van der Waals surface area contributed by atoms with Gasteiger partial charge in [0.15, 0.2) is 0 Å². The molecular weight excluding hydrogens is 381 g/mol. The molecule has 0 saturated carbocycles. The van der Waals surface area contributed by atoms with Crippen molar-refractivity contribution in [3.05, 3.63) is 72.3 Å². The molecule has 0 radical (unpaired) electrons. The van der Waals surface area contributed by atoms with Crippen molar-refractivity contribution in [1.29, 1.82) is 0 Å². The van der Waals surface area contributed by atoms with Crippen LogP contribution in [0.2, 0.25) is 0 Å². The lowest BCUT2D eigenvalue weighted by molar-refractivity contribution is -0.117. The zero-order valence-corrected chi connectivity index (χ0v) is 16.9. The molecule has 0 aliphatic carbocycles. The summed E-state index contributed by atoms with van der Waals surface area (Å²) in [6, 6.07) is 15.9. The largest absolute Gasteiger partial charge is 0.341 e. The Morgan fingerprint density at radius 1 is 1.00 bits per heavy atom. The number of nitrogens with one attached hydrogen (secondary N) is 2. The van der Waals surface area contributed by atoms with Crippen LogP contribution in [0.25, 0.3) is 11.4 Å². The van der Waals surface area contributed by atoms with Crippen molar-refractivity contribution in [2.24, 2.45) is 0 Å². The molecule has 6 nitrogen and oxygen atoms in total. The topological polar surface area (TPSA) is 64.3 Å². The Hall–Kier alpha value is -3.03. The van der Waals surface area contributed by atoms with Gasteiger partial charge in [-0.3, -0.25) is 14.6 Å². The van der Waals surface area contributed by atoms with Crippen molar-refractivity contribution in [1.82, 2.24) is 19.8 Å². The van der Waals surface area contributed by atoms with Gasteiger partial charge < -0.3 is 10.3 Å². The zero-order valence-electron chi connectivity index (χ0n) is 16.9. The van der Waals surface area contributed by atoms with Crippen molar-refractivity contribution < 1.29 is 9.18 Å². The zero-order chi connectivity index (χ0) is 20.8. The second-order valence-electron chi connectivity index (χ2n) is 7.58. The maximum atomic E-state index is 13.0. The van der Waals surface area contributed by atoms with E-state index in [4.69, 9.17) is 0 Å². The van der Waals surface area contributed by atoms with Gasteiger partial charge in [0.05, 0.1) is 6.54 Å². The molecule has 30 heavy (non-hydrogen) atoms. The number of amides is 1. The molecule has 2 N–H and O–H groups in total. The lowest BCUT2D eigenvalue weighted by Crippen LogP contribution is -2.36. The third kappa shape index (κ3) is 5.52. The minimum atomic E-state index is -0.311. The monoisotopic (exact) mass is 407 g/mol. The third-order valence-corrected chi connectivity index (χ3v) is 5.25. The smallest absolute Gasteiger partial charge is 0.238 e. The van der Waals surface area contributed by atoms with Crippen LogP contribution in [0.5, 0.6) is 0 Å². The predicted octanol–water partition coefficient (Wildman–Crippen LogP) is 3.36. The molecule has 0 unspecified atom stereocenters. The number of anilines is 1. The molecule has 4 rings (SSSR count). The van der Waals surface area contributed by atoms with Crippen molar-refractivity contribution in [3.8, 4) is 11.4 Å². The van der Waals surface area contributed by atoms with Crippen molar-refractivity contribution in [3.63, 3.8) is 0 Å². The van der Waals surface area contributed by atoms with Crippen LogP contribution in [0, 0.1) is 5.82 Å². The van der Waals surface area contributed by atoms with E-state index in [0.29, 0.717) is 12.2 Å². The van der Waals surface area contributed by atoms with Gasteiger partial charge in [0, 0.05) is 42.8 Å². The number of benzene rings is 2. The summed E-state index contributed by atoms with van der Waals surface area (Å²) in [5, 5.41) is 2.83. The molecule has 0 bridgehead atoms. The molecule has 1 aliphatic heterocycles. The van der Waals surface area contributed by atoms with Gasteiger partial charge in [0.2, 0.25) is 5.91 Å². The summed E-state index contributed by atoms with van der Waals surface area (Å²) in [6.07, 6.45) is 2.91. The van der Waals surface area contributed by atoms with Crippen LogP contribution in [-0.4, -0.2) is 58.4 Å². The van der Waals surface area contributed by atoms with E-state index in [-0.39, 0.29) is 11.7 Å². The molecule has 1 saturated heterocycles. The lowest BCUT2D eigenvalue weighted by Gasteiger charge is -2.21. The minimum absolute atomic E-state index is 0.0730. The highest BCUT2D eigenvalue weighted by Crippen LogP contribution is 2.16. The number of rotatable bonds is 6. The Morgan fingerprint density at radius 2 is 1.73 bits per heavy atom. The van der Waals surface area contributed by atoms with E-state index in [1.165, 1.54) is 12.1 Å². The molecule has 2 aromatic carbocycles. The second-order valence-corrected chi connectivity index (χ2v) is 7.58. The molecule has 2 heterocycles. The van der Waals surface area contributed by atoms with E-state index in [1.807, 2.05) is 36.5 Å². The number of carbonyl (C=O) groups is 1. The van der Waals surface area contributed by atoms with Gasteiger partial charge in [0.25, 0.3) is 0 Å². The average Bonchev–Trinajstić information content (AvgIpc) is 3.11. The summed E-state index contributed by atoms with van der Waals surface area (Å²) >= 11 is 0.